The first-order valence-corrected chi connectivity index (χ1v) is 8.18. The van der Waals surface area contributed by atoms with Crippen molar-refractivity contribution in [3.63, 3.8) is 0 Å². The predicted molar refractivity (Wildman–Crippen MR) is 85.2 cm³/mol. The minimum Gasteiger partial charge on any atom is -0.324 e. The van der Waals surface area contributed by atoms with E-state index in [0.717, 1.165) is 23.5 Å². The maximum atomic E-state index is 6.32. The molecule has 106 valence electrons. The third-order valence-electron chi connectivity index (χ3n) is 4.30. The van der Waals surface area contributed by atoms with E-state index < -0.39 is 0 Å². The molecular formula is C16H25BrN2. The minimum atomic E-state index is 0.126. The summed E-state index contributed by atoms with van der Waals surface area (Å²) in [5, 5.41) is 0. The maximum Gasteiger partial charge on any atom is 0.0318 e. The standard InChI is InChI=1S/C16H25BrN2/c1-19(13-7-3-2-4-8-13)12-11-16(18)14-9-5-6-10-15(14)17/h5-6,9-10,13,16H,2-4,7-8,11-12,18H2,1H3. The highest BCUT2D eigenvalue weighted by Gasteiger charge is 2.18. The summed E-state index contributed by atoms with van der Waals surface area (Å²) in [6, 6.07) is 9.19. The Balaban J connectivity index is 1.82. The van der Waals surface area contributed by atoms with Crippen LogP contribution in [0.25, 0.3) is 0 Å². The molecule has 1 aliphatic carbocycles. The summed E-state index contributed by atoms with van der Waals surface area (Å²) in [4.78, 5) is 2.51. The van der Waals surface area contributed by atoms with E-state index in [9.17, 15) is 0 Å². The molecule has 19 heavy (non-hydrogen) atoms. The molecule has 0 radical (unpaired) electrons. The molecule has 2 N–H and O–H groups in total. The lowest BCUT2D eigenvalue weighted by Gasteiger charge is -2.31. The lowest BCUT2D eigenvalue weighted by Crippen LogP contribution is -2.35. The van der Waals surface area contributed by atoms with Gasteiger partial charge in [-0.05, 0) is 44.5 Å². The van der Waals surface area contributed by atoms with Crippen LogP contribution in [-0.4, -0.2) is 24.5 Å². The number of hydrogen-bond acceptors (Lipinski definition) is 2. The van der Waals surface area contributed by atoms with E-state index in [1.54, 1.807) is 0 Å². The number of nitrogens with two attached hydrogens (primary N) is 1. The Labute approximate surface area is 125 Å². The van der Waals surface area contributed by atoms with Crippen LogP contribution in [-0.2, 0) is 0 Å². The molecule has 1 saturated carbocycles. The van der Waals surface area contributed by atoms with Crippen LogP contribution in [0.2, 0.25) is 0 Å². The molecule has 3 heteroatoms. The van der Waals surface area contributed by atoms with Gasteiger partial charge in [-0.3, -0.25) is 0 Å². The number of rotatable bonds is 5. The molecule has 0 aromatic heterocycles. The molecule has 0 spiro atoms. The van der Waals surface area contributed by atoms with Gasteiger partial charge in [0.05, 0.1) is 0 Å². The Hall–Kier alpha value is -0.380. The molecule has 0 heterocycles. The summed E-state index contributed by atoms with van der Waals surface area (Å²) in [5.74, 6) is 0. The van der Waals surface area contributed by atoms with Crippen LogP contribution in [0.5, 0.6) is 0 Å². The van der Waals surface area contributed by atoms with E-state index in [1.807, 2.05) is 6.07 Å². The summed E-state index contributed by atoms with van der Waals surface area (Å²) >= 11 is 3.59. The fourth-order valence-corrected chi connectivity index (χ4v) is 3.56. The molecule has 0 amide bonds. The lowest BCUT2D eigenvalue weighted by molar-refractivity contribution is 0.186. The number of benzene rings is 1. The van der Waals surface area contributed by atoms with Crippen LogP contribution in [0.15, 0.2) is 28.7 Å². The van der Waals surface area contributed by atoms with Crippen LogP contribution in [0.1, 0.15) is 50.1 Å². The van der Waals surface area contributed by atoms with Crippen molar-refractivity contribution in [3.05, 3.63) is 34.3 Å². The highest BCUT2D eigenvalue weighted by Crippen LogP contribution is 2.25. The highest BCUT2D eigenvalue weighted by molar-refractivity contribution is 9.10. The lowest BCUT2D eigenvalue weighted by atomic mass is 9.94. The zero-order valence-corrected chi connectivity index (χ0v) is 13.4. The maximum absolute atomic E-state index is 6.32. The zero-order chi connectivity index (χ0) is 13.7. The second-order valence-corrected chi connectivity index (χ2v) is 6.54. The fourth-order valence-electron chi connectivity index (χ4n) is 2.98. The van der Waals surface area contributed by atoms with Gasteiger partial charge in [0.2, 0.25) is 0 Å². The molecule has 1 atom stereocenters. The average molecular weight is 325 g/mol. The first-order chi connectivity index (χ1) is 9.18. The van der Waals surface area contributed by atoms with Crippen molar-refractivity contribution in [2.24, 2.45) is 5.73 Å². The van der Waals surface area contributed by atoms with E-state index in [0.29, 0.717) is 0 Å². The van der Waals surface area contributed by atoms with Crippen molar-refractivity contribution in [1.82, 2.24) is 4.90 Å². The third kappa shape index (κ3) is 4.30. The monoisotopic (exact) mass is 324 g/mol. The van der Waals surface area contributed by atoms with Crippen molar-refractivity contribution < 1.29 is 0 Å². The molecule has 2 rings (SSSR count). The molecule has 0 aliphatic heterocycles. The third-order valence-corrected chi connectivity index (χ3v) is 5.02. The summed E-state index contributed by atoms with van der Waals surface area (Å²) in [6.45, 7) is 1.09. The van der Waals surface area contributed by atoms with Crippen molar-refractivity contribution in [3.8, 4) is 0 Å². The van der Waals surface area contributed by atoms with Crippen LogP contribution < -0.4 is 5.73 Å². The second-order valence-electron chi connectivity index (χ2n) is 5.69. The van der Waals surface area contributed by atoms with E-state index in [4.69, 9.17) is 5.73 Å². The Morgan fingerprint density at radius 1 is 1.26 bits per heavy atom. The van der Waals surface area contributed by atoms with E-state index in [2.05, 4.69) is 46.1 Å². The molecular weight excluding hydrogens is 300 g/mol. The second kappa shape index (κ2) is 7.41. The Morgan fingerprint density at radius 3 is 2.63 bits per heavy atom. The molecule has 0 saturated heterocycles. The van der Waals surface area contributed by atoms with Gasteiger partial charge < -0.3 is 10.6 Å². The molecule has 1 aromatic carbocycles. The smallest absolute Gasteiger partial charge is 0.0318 e. The van der Waals surface area contributed by atoms with Gasteiger partial charge >= 0.3 is 0 Å². The summed E-state index contributed by atoms with van der Waals surface area (Å²) in [7, 11) is 2.25. The number of hydrogen-bond donors (Lipinski definition) is 1. The first-order valence-electron chi connectivity index (χ1n) is 7.38. The van der Waals surface area contributed by atoms with E-state index in [1.165, 1.54) is 37.7 Å². The number of nitrogens with zero attached hydrogens (tertiary/aromatic N) is 1. The van der Waals surface area contributed by atoms with Crippen molar-refractivity contribution >= 4 is 15.9 Å². The van der Waals surface area contributed by atoms with Crippen LogP contribution in [0.4, 0.5) is 0 Å². The predicted octanol–water partition coefficient (Wildman–Crippen LogP) is 4.10. The normalized spacial score (nSPS) is 18.7. The van der Waals surface area contributed by atoms with E-state index >= 15 is 0 Å². The van der Waals surface area contributed by atoms with Crippen LogP contribution in [0.3, 0.4) is 0 Å². The highest BCUT2D eigenvalue weighted by atomic mass is 79.9. The van der Waals surface area contributed by atoms with Gasteiger partial charge in [0.1, 0.15) is 0 Å². The Bertz CT molecular complexity index is 388. The zero-order valence-electron chi connectivity index (χ0n) is 11.8. The molecule has 1 fully saturated rings. The molecule has 2 nitrogen and oxygen atoms in total. The molecule has 1 aromatic rings. The van der Waals surface area contributed by atoms with Crippen molar-refractivity contribution in [2.75, 3.05) is 13.6 Å². The van der Waals surface area contributed by atoms with Crippen molar-refractivity contribution in [2.45, 2.75) is 50.6 Å². The summed E-state index contributed by atoms with van der Waals surface area (Å²) < 4.78 is 1.13. The van der Waals surface area contributed by atoms with Gasteiger partial charge in [-0.2, -0.15) is 0 Å². The first kappa shape index (κ1) is 15.0. The molecule has 0 bridgehead atoms. The van der Waals surface area contributed by atoms with Crippen LogP contribution >= 0.6 is 15.9 Å². The Morgan fingerprint density at radius 2 is 1.95 bits per heavy atom. The quantitative estimate of drug-likeness (QED) is 0.883. The fraction of sp³-hybridized carbons (Fsp3) is 0.625. The molecule has 1 unspecified atom stereocenters. The van der Waals surface area contributed by atoms with Gasteiger partial charge in [0, 0.05) is 16.6 Å². The summed E-state index contributed by atoms with van der Waals surface area (Å²) in [5.41, 5.74) is 7.54. The van der Waals surface area contributed by atoms with Gasteiger partial charge in [0.25, 0.3) is 0 Å². The SMILES string of the molecule is CN(CCC(N)c1ccccc1Br)C1CCCCC1. The Kier molecular flexibility index (Phi) is 5.86. The summed E-state index contributed by atoms with van der Waals surface area (Å²) in [6.07, 6.45) is 7.95. The largest absolute Gasteiger partial charge is 0.324 e. The van der Waals surface area contributed by atoms with E-state index in [-0.39, 0.29) is 6.04 Å². The van der Waals surface area contributed by atoms with Gasteiger partial charge in [-0.15, -0.1) is 0 Å². The van der Waals surface area contributed by atoms with Gasteiger partial charge in [-0.25, -0.2) is 0 Å². The van der Waals surface area contributed by atoms with Gasteiger partial charge in [-0.1, -0.05) is 53.4 Å². The minimum absolute atomic E-state index is 0.126. The number of halogens is 1. The topological polar surface area (TPSA) is 29.3 Å². The van der Waals surface area contributed by atoms with Gasteiger partial charge in [0.15, 0.2) is 0 Å². The molecule has 1 aliphatic rings. The van der Waals surface area contributed by atoms with Crippen molar-refractivity contribution in [1.29, 1.82) is 0 Å². The van der Waals surface area contributed by atoms with Crippen LogP contribution in [0, 0.1) is 0 Å². The average Bonchev–Trinajstić information content (AvgIpc) is 2.46.